The third kappa shape index (κ3) is 4.19. The van der Waals surface area contributed by atoms with E-state index in [1.54, 1.807) is 17.0 Å². The largest absolute Gasteiger partial charge is 0.486 e. The Hall–Kier alpha value is -3.22. The van der Waals surface area contributed by atoms with Crippen LogP contribution in [0.2, 0.25) is 0 Å². The summed E-state index contributed by atoms with van der Waals surface area (Å²) in [6, 6.07) is 12.8. The molecule has 7 nitrogen and oxygen atoms in total. The molecule has 2 aromatic carbocycles. The molecule has 0 aliphatic carbocycles. The molecule has 2 amide bonds. The summed E-state index contributed by atoms with van der Waals surface area (Å²) in [7, 11) is 0. The van der Waals surface area contributed by atoms with Crippen LogP contribution in [-0.2, 0) is 16.1 Å². The van der Waals surface area contributed by atoms with Crippen LogP contribution < -0.4 is 24.4 Å². The fourth-order valence-electron chi connectivity index (χ4n) is 3.24. The van der Waals surface area contributed by atoms with Gasteiger partial charge in [-0.2, -0.15) is 0 Å². The molecule has 4 rings (SSSR count). The highest BCUT2D eigenvalue weighted by molar-refractivity contribution is 5.95. The third-order valence-electron chi connectivity index (χ3n) is 4.69. The van der Waals surface area contributed by atoms with Gasteiger partial charge < -0.3 is 24.4 Å². The lowest BCUT2D eigenvalue weighted by Gasteiger charge is -2.19. The molecule has 0 aromatic heterocycles. The zero-order valence-electron chi connectivity index (χ0n) is 15.5. The van der Waals surface area contributed by atoms with E-state index in [-0.39, 0.29) is 18.4 Å². The SMILES string of the molecule is O=C(COc1ccc(N2CCCC2=O)cc1)NCc1ccc2c(c1)OCCO2. The summed E-state index contributed by atoms with van der Waals surface area (Å²) >= 11 is 0. The van der Waals surface area contributed by atoms with E-state index in [1.165, 1.54) is 0 Å². The van der Waals surface area contributed by atoms with Crippen molar-refractivity contribution in [1.29, 1.82) is 0 Å². The van der Waals surface area contributed by atoms with Crippen LogP contribution in [0.1, 0.15) is 18.4 Å². The highest BCUT2D eigenvalue weighted by Crippen LogP contribution is 2.30. The standard InChI is InChI=1S/C21H22N2O5/c24-20(22-13-15-3-8-18-19(12-15)27-11-10-26-18)14-28-17-6-4-16(5-7-17)23-9-1-2-21(23)25/h3-8,12H,1-2,9-11,13-14H2,(H,22,24). The van der Waals surface area contributed by atoms with E-state index in [2.05, 4.69) is 5.32 Å². The number of nitrogens with one attached hydrogen (secondary N) is 1. The molecule has 0 atom stereocenters. The van der Waals surface area contributed by atoms with Gasteiger partial charge in [0.25, 0.3) is 5.91 Å². The first-order valence-corrected chi connectivity index (χ1v) is 9.37. The Kier molecular flexibility index (Phi) is 5.32. The molecule has 28 heavy (non-hydrogen) atoms. The van der Waals surface area contributed by atoms with Gasteiger partial charge in [-0.25, -0.2) is 0 Å². The van der Waals surface area contributed by atoms with Crippen molar-refractivity contribution in [3.8, 4) is 17.2 Å². The lowest BCUT2D eigenvalue weighted by atomic mass is 10.2. The molecule has 1 saturated heterocycles. The molecule has 2 aliphatic rings. The fourth-order valence-corrected chi connectivity index (χ4v) is 3.24. The van der Waals surface area contributed by atoms with Crippen LogP contribution in [0.25, 0.3) is 0 Å². The average Bonchev–Trinajstić information content (AvgIpc) is 3.17. The van der Waals surface area contributed by atoms with Crippen LogP contribution in [0, 0.1) is 0 Å². The minimum Gasteiger partial charge on any atom is -0.486 e. The molecule has 2 aromatic rings. The van der Waals surface area contributed by atoms with E-state index in [4.69, 9.17) is 14.2 Å². The highest BCUT2D eigenvalue weighted by atomic mass is 16.6. The van der Waals surface area contributed by atoms with Crippen LogP contribution >= 0.6 is 0 Å². The Morgan fingerprint density at radius 3 is 2.61 bits per heavy atom. The first-order valence-electron chi connectivity index (χ1n) is 9.37. The molecule has 1 N–H and O–H groups in total. The topological polar surface area (TPSA) is 77.1 Å². The lowest BCUT2D eigenvalue weighted by molar-refractivity contribution is -0.123. The van der Waals surface area contributed by atoms with Gasteiger partial charge in [-0.15, -0.1) is 0 Å². The fraction of sp³-hybridized carbons (Fsp3) is 0.333. The second-order valence-electron chi connectivity index (χ2n) is 6.69. The van der Waals surface area contributed by atoms with Crippen molar-refractivity contribution in [3.05, 3.63) is 48.0 Å². The molecule has 1 fully saturated rings. The molecule has 0 radical (unpaired) electrons. The van der Waals surface area contributed by atoms with Crippen molar-refractivity contribution in [2.75, 3.05) is 31.3 Å². The van der Waals surface area contributed by atoms with E-state index in [1.807, 2.05) is 30.3 Å². The van der Waals surface area contributed by atoms with E-state index >= 15 is 0 Å². The van der Waals surface area contributed by atoms with E-state index in [9.17, 15) is 9.59 Å². The van der Waals surface area contributed by atoms with Crippen molar-refractivity contribution in [1.82, 2.24) is 5.32 Å². The predicted octanol–water partition coefficient (Wildman–Crippen LogP) is 2.28. The van der Waals surface area contributed by atoms with Crippen molar-refractivity contribution in [3.63, 3.8) is 0 Å². The van der Waals surface area contributed by atoms with Crippen molar-refractivity contribution in [2.45, 2.75) is 19.4 Å². The molecule has 0 saturated carbocycles. The summed E-state index contributed by atoms with van der Waals surface area (Å²) in [6.45, 7) is 2.14. The van der Waals surface area contributed by atoms with Gasteiger partial charge in [0.05, 0.1) is 0 Å². The summed E-state index contributed by atoms with van der Waals surface area (Å²) in [6.07, 6.45) is 1.49. The first kappa shape index (κ1) is 18.2. The Balaban J connectivity index is 1.25. The Morgan fingerprint density at radius 1 is 1.07 bits per heavy atom. The number of fused-ring (bicyclic) bond motifs is 1. The Morgan fingerprint density at radius 2 is 1.86 bits per heavy atom. The molecular formula is C21H22N2O5. The molecule has 2 aliphatic heterocycles. The second kappa shape index (κ2) is 8.21. The zero-order chi connectivity index (χ0) is 19.3. The van der Waals surface area contributed by atoms with Crippen LogP contribution in [0.15, 0.2) is 42.5 Å². The monoisotopic (exact) mass is 382 g/mol. The number of hydrogen-bond acceptors (Lipinski definition) is 5. The van der Waals surface area contributed by atoms with Crippen LogP contribution in [0.4, 0.5) is 5.69 Å². The Labute approximate surface area is 163 Å². The number of hydrogen-bond donors (Lipinski definition) is 1. The highest BCUT2D eigenvalue weighted by Gasteiger charge is 2.21. The van der Waals surface area contributed by atoms with Gasteiger partial charge in [0.2, 0.25) is 5.91 Å². The normalized spacial score (nSPS) is 15.4. The van der Waals surface area contributed by atoms with Gasteiger partial charge in [-0.3, -0.25) is 9.59 Å². The van der Waals surface area contributed by atoms with Gasteiger partial charge in [0, 0.05) is 25.2 Å². The van der Waals surface area contributed by atoms with Gasteiger partial charge in [-0.05, 0) is 48.4 Å². The maximum Gasteiger partial charge on any atom is 0.258 e. The van der Waals surface area contributed by atoms with Crippen LogP contribution in [0.5, 0.6) is 17.2 Å². The number of carbonyl (C=O) groups excluding carboxylic acids is 2. The smallest absolute Gasteiger partial charge is 0.258 e. The lowest BCUT2D eigenvalue weighted by Crippen LogP contribution is -2.28. The minimum absolute atomic E-state index is 0.0768. The van der Waals surface area contributed by atoms with Gasteiger partial charge in [0.15, 0.2) is 18.1 Å². The van der Waals surface area contributed by atoms with Gasteiger partial charge in [0.1, 0.15) is 19.0 Å². The van der Waals surface area contributed by atoms with Crippen molar-refractivity contribution in [2.24, 2.45) is 0 Å². The summed E-state index contributed by atoms with van der Waals surface area (Å²) < 4.78 is 16.6. The molecule has 7 heteroatoms. The molecule has 0 bridgehead atoms. The number of rotatable bonds is 6. The molecular weight excluding hydrogens is 360 g/mol. The summed E-state index contributed by atoms with van der Waals surface area (Å²) in [5, 5.41) is 2.82. The summed E-state index contributed by atoms with van der Waals surface area (Å²) in [5.74, 6) is 1.94. The zero-order valence-corrected chi connectivity index (χ0v) is 15.5. The number of benzene rings is 2. The number of ether oxygens (including phenoxy) is 3. The van der Waals surface area contributed by atoms with E-state index < -0.39 is 0 Å². The van der Waals surface area contributed by atoms with E-state index in [0.717, 1.165) is 30.0 Å². The second-order valence-corrected chi connectivity index (χ2v) is 6.69. The third-order valence-corrected chi connectivity index (χ3v) is 4.69. The number of anilines is 1. The Bertz CT molecular complexity index is 866. The molecule has 0 unspecified atom stereocenters. The van der Waals surface area contributed by atoms with Crippen molar-refractivity contribution >= 4 is 17.5 Å². The molecule has 0 spiro atoms. The van der Waals surface area contributed by atoms with Gasteiger partial charge in [-0.1, -0.05) is 6.07 Å². The maximum absolute atomic E-state index is 12.1. The number of amides is 2. The minimum atomic E-state index is -0.214. The van der Waals surface area contributed by atoms with Crippen LogP contribution in [0.3, 0.4) is 0 Å². The van der Waals surface area contributed by atoms with Crippen molar-refractivity contribution < 1.29 is 23.8 Å². The quantitative estimate of drug-likeness (QED) is 0.829. The van der Waals surface area contributed by atoms with E-state index in [0.29, 0.717) is 37.7 Å². The number of carbonyl (C=O) groups is 2. The summed E-state index contributed by atoms with van der Waals surface area (Å²) in [4.78, 5) is 25.6. The van der Waals surface area contributed by atoms with Gasteiger partial charge >= 0.3 is 0 Å². The van der Waals surface area contributed by atoms with Crippen LogP contribution in [-0.4, -0.2) is 38.2 Å². The number of nitrogens with zero attached hydrogens (tertiary/aromatic N) is 1. The molecule has 2 heterocycles. The predicted molar refractivity (Wildman–Crippen MR) is 103 cm³/mol. The average molecular weight is 382 g/mol. The first-order chi connectivity index (χ1) is 13.7. The summed E-state index contributed by atoms with van der Waals surface area (Å²) in [5.41, 5.74) is 1.79. The molecule has 146 valence electrons. The maximum atomic E-state index is 12.1.